The fourth-order valence-electron chi connectivity index (χ4n) is 5.36. The summed E-state index contributed by atoms with van der Waals surface area (Å²) in [7, 11) is 0. The minimum Gasteiger partial charge on any atom is -0.361 e. The van der Waals surface area contributed by atoms with Gasteiger partial charge in [-0.25, -0.2) is 10.0 Å². The van der Waals surface area contributed by atoms with Crippen molar-refractivity contribution in [3.8, 4) is 0 Å². The molecule has 4 rings (SSSR count). The molecular formula is C18H20N4O2. The van der Waals surface area contributed by atoms with Gasteiger partial charge in [0, 0.05) is 0 Å². The Hall–Kier alpha value is -2.46. The molecule has 2 aliphatic carbocycles. The van der Waals surface area contributed by atoms with Crippen LogP contribution in [0.3, 0.4) is 0 Å². The van der Waals surface area contributed by atoms with Gasteiger partial charge in [0.25, 0.3) is 5.91 Å². The second-order valence-electron chi connectivity index (χ2n) is 7.56. The third-order valence-corrected chi connectivity index (χ3v) is 6.61. The van der Waals surface area contributed by atoms with E-state index in [4.69, 9.17) is 5.53 Å². The summed E-state index contributed by atoms with van der Waals surface area (Å²) < 4.78 is 0. The Bertz CT molecular complexity index is 768. The standard InChI is InChI=1S/C18H20N4O2/c1-17(2)12-8-9-18(17)14(10-12)22(15(23)11-20-19)21(16(18)24)13-6-4-3-5-7-13/h3-7,11-12,14H,8-10H2,1-2H3. The summed E-state index contributed by atoms with van der Waals surface area (Å²) >= 11 is 0. The van der Waals surface area contributed by atoms with Gasteiger partial charge in [-0.2, -0.15) is 4.79 Å². The number of carbonyl (C=O) groups excluding carboxylic acids is 2. The molecule has 1 heterocycles. The smallest absolute Gasteiger partial charge is 0.347 e. The number of amides is 2. The molecule has 3 atom stereocenters. The highest BCUT2D eigenvalue weighted by atomic mass is 16.2. The van der Waals surface area contributed by atoms with Gasteiger partial charge in [0.2, 0.25) is 0 Å². The maximum Gasteiger partial charge on any atom is 0.347 e. The molecular weight excluding hydrogens is 304 g/mol. The number of anilines is 1. The Morgan fingerprint density at radius 1 is 1.33 bits per heavy atom. The molecule has 3 unspecified atom stereocenters. The molecule has 2 bridgehead atoms. The van der Waals surface area contributed by atoms with Crippen molar-refractivity contribution in [3.05, 3.63) is 35.9 Å². The average Bonchev–Trinajstić information content (AvgIpc) is 3.08. The molecule has 0 N–H and O–H groups in total. The summed E-state index contributed by atoms with van der Waals surface area (Å²) in [5.41, 5.74) is 8.79. The molecule has 1 spiro atoms. The van der Waals surface area contributed by atoms with Crippen LogP contribution in [0.5, 0.6) is 0 Å². The molecule has 6 heteroatoms. The van der Waals surface area contributed by atoms with Gasteiger partial charge in [-0.1, -0.05) is 32.0 Å². The lowest BCUT2D eigenvalue weighted by molar-refractivity contribution is -0.131. The Kier molecular flexibility index (Phi) is 3.00. The maximum atomic E-state index is 13.5. The molecule has 0 radical (unpaired) electrons. The lowest BCUT2D eigenvalue weighted by atomic mass is 9.67. The van der Waals surface area contributed by atoms with Gasteiger partial charge in [0.1, 0.15) is 0 Å². The number of rotatable bonds is 2. The van der Waals surface area contributed by atoms with E-state index in [1.165, 1.54) is 10.0 Å². The topological polar surface area (TPSA) is 77.0 Å². The number of hydrogen-bond donors (Lipinski definition) is 0. The van der Waals surface area contributed by atoms with Crippen LogP contribution in [0.15, 0.2) is 30.3 Å². The lowest BCUT2D eigenvalue weighted by Crippen LogP contribution is -2.48. The van der Waals surface area contributed by atoms with Crippen molar-refractivity contribution >= 4 is 23.7 Å². The minimum absolute atomic E-state index is 0.0108. The van der Waals surface area contributed by atoms with Crippen molar-refractivity contribution in [1.29, 1.82) is 0 Å². The van der Waals surface area contributed by atoms with Gasteiger partial charge >= 0.3 is 12.1 Å². The zero-order chi connectivity index (χ0) is 17.1. The maximum absolute atomic E-state index is 13.5. The molecule has 2 amide bonds. The Labute approximate surface area is 140 Å². The fourth-order valence-corrected chi connectivity index (χ4v) is 5.36. The van der Waals surface area contributed by atoms with E-state index in [2.05, 4.69) is 18.6 Å². The number of benzene rings is 1. The van der Waals surface area contributed by atoms with Crippen LogP contribution in [0.1, 0.15) is 33.1 Å². The lowest BCUT2D eigenvalue weighted by Gasteiger charge is -2.34. The molecule has 24 heavy (non-hydrogen) atoms. The molecule has 1 aliphatic heterocycles. The molecule has 1 saturated heterocycles. The van der Waals surface area contributed by atoms with Crippen LogP contribution in [0.2, 0.25) is 0 Å². The SMILES string of the molecule is CC1(C)C2CCC13C(=O)N(c1ccccc1)N(C(=O)C=[N+]=[N-])C3C2. The van der Waals surface area contributed by atoms with Gasteiger partial charge in [0.05, 0.1) is 17.1 Å². The van der Waals surface area contributed by atoms with Crippen molar-refractivity contribution in [2.45, 2.75) is 39.2 Å². The average molecular weight is 324 g/mol. The van der Waals surface area contributed by atoms with E-state index >= 15 is 0 Å². The second-order valence-corrected chi connectivity index (χ2v) is 7.56. The van der Waals surface area contributed by atoms with Crippen molar-refractivity contribution in [3.63, 3.8) is 0 Å². The van der Waals surface area contributed by atoms with Crippen LogP contribution >= 0.6 is 0 Å². The minimum atomic E-state index is -0.549. The van der Waals surface area contributed by atoms with E-state index in [-0.39, 0.29) is 17.4 Å². The molecule has 1 aromatic carbocycles. The summed E-state index contributed by atoms with van der Waals surface area (Å²) in [4.78, 5) is 29.0. The van der Waals surface area contributed by atoms with Gasteiger partial charge in [-0.15, -0.1) is 0 Å². The van der Waals surface area contributed by atoms with E-state index in [0.29, 0.717) is 11.6 Å². The number of carbonyl (C=O) groups is 2. The Morgan fingerprint density at radius 2 is 2.04 bits per heavy atom. The molecule has 3 fully saturated rings. The number of nitrogens with zero attached hydrogens (tertiary/aromatic N) is 4. The third kappa shape index (κ3) is 1.56. The van der Waals surface area contributed by atoms with E-state index in [1.807, 2.05) is 30.3 Å². The van der Waals surface area contributed by atoms with Crippen LogP contribution in [-0.4, -0.2) is 33.9 Å². The van der Waals surface area contributed by atoms with Crippen LogP contribution in [0.4, 0.5) is 5.69 Å². The molecule has 124 valence electrons. The summed E-state index contributed by atoms with van der Waals surface area (Å²) in [6.07, 6.45) is 3.51. The van der Waals surface area contributed by atoms with E-state index in [9.17, 15) is 9.59 Å². The first-order valence-corrected chi connectivity index (χ1v) is 8.35. The Morgan fingerprint density at radius 3 is 2.67 bits per heavy atom. The number of hydrazine groups is 1. The third-order valence-electron chi connectivity index (χ3n) is 6.61. The van der Waals surface area contributed by atoms with Crippen LogP contribution < -0.4 is 5.01 Å². The predicted molar refractivity (Wildman–Crippen MR) is 87.8 cm³/mol. The van der Waals surface area contributed by atoms with E-state index < -0.39 is 11.3 Å². The quantitative estimate of drug-likeness (QED) is 0.475. The summed E-state index contributed by atoms with van der Waals surface area (Å²) in [6, 6.07) is 9.04. The normalized spacial score (nSPS) is 32.7. The second kappa shape index (κ2) is 4.77. The van der Waals surface area contributed by atoms with Gasteiger partial charge in [-0.05, 0) is 42.7 Å². The molecule has 6 nitrogen and oxygen atoms in total. The summed E-state index contributed by atoms with van der Waals surface area (Å²) in [6.45, 7) is 4.31. The monoisotopic (exact) mass is 324 g/mol. The highest BCUT2D eigenvalue weighted by Gasteiger charge is 2.75. The predicted octanol–water partition coefficient (Wildman–Crippen LogP) is 2.27. The first-order valence-electron chi connectivity index (χ1n) is 8.35. The fraction of sp³-hybridized carbons (Fsp3) is 0.500. The van der Waals surface area contributed by atoms with Crippen molar-refractivity contribution in [2.75, 3.05) is 5.01 Å². The first kappa shape index (κ1) is 15.1. The highest BCUT2D eigenvalue weighted by molar-refractivity contribution is 6.26. The first-order chi connectivity index (χ1) is 11.4. The van der Waals surface area contributed by atoms with E-state index in [0.717, 1.165) is 25.5 Å². The highest BCUT2D eigenvalue weighted by Crippen LogP contribution is 2.70. The number of para-hydroxylation sites is 1. The molecule has 0 aromatic heterocycles. The van der Waals surface area contributed by atoms with Crippen molar-refractivity contribution in [1.82, 2.24) is 5.01 Å². The van der Waals surface area contributed by atoms with Crippen molar-refractivity contribution in [2.24, 2.45) is 16.7 Å². The number of hydrogen-bond acceptors (Lipinski definition) is 2. The number of fused-ring (bicyclic) bond motifs is 1. The molecule has 1 aromatic rings. The molecule has 3 aliphatic rings. The zero-order valence-electron chi connectivity index (χ0n) is 13.8. The van der Waals surface area contributed by atoms with Crippen LogP contribution in [0.25, 0.3) is 5.53 Å². The Balaban J connectivity index is 1.89. The summed E-state index contributed by atoms with van der Waals surface area (Å²) in [5.74, 6) is -0.0333. The summed E-state index contributed by atoms with van der Waals surface area (Å²) in [5, 5.41) is 3.01. The van der Waals surface area contributed by atoms with Gasteiger partial charge < -0.3 is 5.53 Å². The van der Waals surface area contributed by atoms with E-state index in [1.54, 1.807) is 0 Å². The van der Waals surface area contributed by atoms with Crippen LogP contribution in [-0.2, 0) is 9.59 Å². The van der Waals surface area contributed by atoms with Gasteiger partial charge in [-0.3, -0.25) is 9.59 Å². The zero-order valence-corrected chi connectivity index (χ0v) is 13.8. The van der Waals surface area contributed by atoms with Gasteiger partial charge in [0.15, 0.2) is 0 Å². The largest absolute Gasteiger partial charge is 0.361 e. The van der Waals surface area contributed by atoms with Crippen molar-refractivity contribution < 1.29 is 14.4 Å². The van der Waals surface area contributed by atoms with Crippen LogP contribution in [0, 0.1) is 16.7 Å². The molecule has 2 saturated carbocycles.